The molecule has 5 nitrogen and oxygen atoms in total. The van der Waals surface area contributed by atoms with Crippen LogP contribution in [0.4, 0.5) is 0 Å². The maximum Gasteiger partial charge on any atom is 0.244 e. The van der Waals surface area contributed by atoms with Crippen molar-refractivity contribution in [2.45, 2.75) is 12.5 Å². The molecule has 1 heterocycles. The highest BCUT2D eigenvalue weighted by molar-refractivity contribution is 5.95. The number of aromatic amines is 1. The van der Waals surface area contributed by atoms with Gasteiger partial charge in [-0.1, -0.05) is 48.5 Å². The number of amides is 2. The Labute approximate surface area is 145 Å². The highest BCUT2D eigenvalue weighted by atomic mass is 16.2. The third kappa shape index (κ3) is 4.14. The van der Waals surface area contributed by atoms with Crippen LogP contribution in [0.25, 0.3) is 17.0 Å². The van der Waals surface area contributed by atoms with Crippen LogP contribution < -0.4 is 11.1 Å². The number of carbonyl (C=O) groups is 2. The Bertz CT molecular complexity index is 913. The number of aromatic nitrogens is 1. The summed E-state index contributed by atoms with van der Waals surface area (Å²) in [6.07, 6.45) is 5.27. The number of nitrogens with one attached hydrogen (secondary N) is 2. The molecule has 2 amide bonds. The quantitative estimate of drug-likeness (QED) is 0.605. The summed E-state index contributed by atoms with van der Waals surface area (Å²) in [6, 6.07) is 16.5. The van der Waals surface area contributed by atoms with Crippen LogP contribution in [0.2, 0.25) is 0 Å². The topological polar surface area (TPSA) is 88.0 Å². The summed E-state index contributed by atoms with van der Waals surface area (Å²) in [4.78, 5) is 27.0. The molecule has 2 aromatic carbocycles. The molecule has 1 aromatic heterocycles. The van der Waals surface area contributed by atoms with Gasteiger partial charge in [0.25, 0.3) is 0 Å². The first kappa shape index (κ1) is 16.5. The molecule has 126 valence electrons. The maximum atomic E-state index is 12.1. The number of rotatable bonds is 6. The van der Waals surface area contributed by atoms with Crippen molar-refractivity contribution in [3.8, 4) is 0 Å². The van der Waals surface area contributed by atoms with Gasteiger partial charge >= 0.3 is 0 Å². The second kappa shape index (κ2) is 7.49. The average molecular weight is 333 g/mol. The van der Waals surface area contributed by atoms with Gasteiger partial charge in [-0.2, -0.15) is 0 Å². The van der Waals surface area contributed by atoms with Crippen LogP contribution in [-0.2, 0) is 16.0 Å². The highest BCUT2D eigenvalue weighted by Gasteiger charge is 2.19. The van der Waals surface area contributed by atoms with Gasteiger partial charge in [-0.05, 0) is 23.3 Å². The monoisotopic (exact) mass is 333 g/mol. The standard InChI is InChI=1S/C20H19N3O2/c21-20(25)18(12-15-13-22-17-9-5-4-8-16(15)17)23-19(24)11-10-14-6-2-1-3-7-14/h1-11,13,18,22H,12H2,(H2,21,25)(H,23,24)/b11-10+. The normalized spacial score (nSPS) is 12.3. The number of para-hydroxylation sites is 1. The van der Waals surface area contributed by atoms with Crippen molar-refractivity contribution in [2.24, 2.45) is 5.73 Å². The fraction of sp³-hybridized carbons (Fsp3) is 0.100. The van der Waals surface area contributed by atoms with E-state index in [0.29, 0.717) is 6.42 Å². The molecule has 4 N–H and O–H groups in total. The van der Waals surface area contributed by atoms with Gasteiger partial charge in [0.15, 0.2) is 0 Å². The maximum absolute atomic E-state index is 12.1. The van der Waals surface area contributed by atoms with Gasteiger partial charge in [-0.15, -0.1) is 0 Å². The van der Waals surface area contributed by atoms with Gasteiger partial charge in [0.2, 0.25) is 11.8 Å². The molecular weight excluding hydrogens is 314 g/mol. The lowest BCUT2D eigenvalue weighted by atomic mass is 10.0. The molecular formula is C20H19N3O2. The molecule has 0 aliphatic rings. The first-order valence-electron chi connectivity index (χ1n) is 8.01. The summed E-state index contributed by atoms with van der Waals surface area (Å²) in [7, 11) is 0. The molecule has 0 spiro atoms. The molecule has 25 heavy (non-hydrogen) atoms. The lowest BCUT2D eigenvalue weighted by Gasteiger charge is -2.14. The van der Waals surface area contributed by atoms with Crippen molar-refractivity contribution in [2.75, 3.05) is 0 Å². The Kier molecular flexibility index (Phi) is 4.95. The van der Waals surface area contributed by atoms with Crippen molar-refractivity contribution < 1.29 is 9.59 Å². The van der Waals surface area contributed by atoms with Crippen molar-refractivity contribution in [3.05, 3.63) is 78.0 Å². The Morgan fingerprint density at radius 2 is 1.80 bits per heavy atom. The second-order valence-electron chi connectivity index (χ2n) is 5.77. The zero-order valence-corrected chi connectivity index (χ0v) is 13.6. The minimum atomic E-state index is -0.771. The first-order valence-corrected chi connectivity index (χ1v) is 8.01. The summed E-state index contributed by atoms with van der Waals surface area (Å²) < 4.78 is 0. The number of primary amides is 1. The molecule has 0 saturated carbocycles. The van der Waals surface area contributed by atoms with E-state index in [1.165, 1.54) is 6.08 Å². The van der Waals surface area contributed by atoms with E-state index >= 15 is 0 Å². The zero-order chi connectivity index (χ0) is 17.6. The number of nitrogens with two attached hydrogens (primary N) is 1. The van der Waals surface area contributed by atoms with Gasteiger partial charge < -0.3 is 16.0 Å². The number of hydrogen-bond donors (Lipinski definition) is 3. The largest absolute Gasteiger partial charge is 0.368 e. The Balaban J connectivity index is 1.70. The summed E-state index contributed by atoms with van der Waals surface area (Å²) in [5.74, 6) is -0.917. The number of benzene rings is 2. The van der Waals surface area contributed by atoms with Crippen LogP contribution in [0.1, 0.15) is 11.1 Å². The summed E-state index contributed by atoms with van der Waals surface area (Å²) in [6.45, 7) is 0. The Morgan fingerprint density at radius 3 is 2.56 bits per heavy atom. The minimum absolute atomic E-state index is 0.338. The average Bonchev–Trinajstić information content (AvgIpc) is 3.03. The third-order valence-electron chi connectivity index (χ3n) is 3.99. The molecule has 0 fully saturated rings. The van der Waals surface area contributed by atoms with Crippen LogP contribution >= 0.6 is 0 Å². The minimum Gasteiger partial charge on any atom is -0.368 e. The van der Waals surface area contributed by atoms with E-state index in [-0.39, 0.29) is 5.91 Å². The van der Waals surface area contributed by atoms with Crippen molar-refractivity contribution in [3.63, 3.8) is 0 Å². The first-order chi connectivity index (χ1) is 12.1. The van der Waals surface area contributed by atoms with E-state index in [9.17, 15) is 9.59 Å². The van der Waals surface area contributed by atoms with E-state index in [0.717, 1.165) is 22.0 Å². The van der Waals surface area contributed by atoms with Crippen molar-refractivity contribution in [1.82, 2.24) is 10.3 Å². The molecule has 1 unspecified atom stereocenters. The van der Waals surface area contributed by atoms with Crippen molar-refractivity contribution in [1.29, 1.82) is 0 Å². The SMILES string of the molecule is NC(=O)C(Cc1c[nH]c2ccccc12)NC(=O)/C=C/c1ccccc1. The lowest BCUT2D eigenvalue weighted by Crippen LogP contribution is -2.45. The predicted octanol–water partition coefficient (Wildman–Crippen LogP) is 2.39. The van der Waals surface area contributed by atoms with Crippen LogP contribution in [-0.4, -0.2) is 22.8 Å². The number of hydrogen-bond acceptors (Lipinski definition) is 2. The zero-order valence-electron chi connectivity index (χ0n) is 13.6. The highest BCUT2D eigenvalue weighted by Crippen LogP contribution is 2.19. The molecule has 1 atom stereocenters. The second-order valence-corrected chi connectivity index (χ2v) is 5.77. The van der Waals surface area contributed by atoms with Crippen LogP contribution in [0.3, 0.4) is 0 Å². The van der Waals surface area contributed by atoms with E-state index in [1.807, 2.05) is 60.8 Å². The number of carbonyl (C=O) groups excluding carboxylic acids is 2. The van der Waals surface area contributed by atoms with Gasteiger partial charge in [0.05, 0.1) is 0 Å². The number of fused-ring (bicyclic) bond motifs is 1. The Hall–Kier alpha value is -3.34. The summed E-state index contributed by atoms with van der Waals surface area (Å²) in [5, 5.41) is 3.69. The fourth-order valence-electron chi connectivity index (χ4n) is 2.70. The summed E-state index contributed by atoms with van der Waals surface area (Å²) >= 11 is 0. The van der Waals surface area contributed by atoms with Gasteiger partial charge in [0, 0.05) is 29.6 Å². The molecule has 0 saturated heterocycles. The lowest BCUT2D eigenvalue weighted by molar-refractivity contribution is -0.124. The molecule has 3 rings (SSSR count). The molecule has 0 aliphatic carbocycles. The van der Waals surface area contributed by atoms with Gasteiger partial charge in [-0.25, -0.2) is 0 Å². The van der Waals surface area contributed by atoms with Gasteiger partial charge in [-0.3, -0.25) is 9.59 Å². The fourth-order valence-corrected chi connectivity index (χ4v) is 2.70. The smallest absolute Gasteiger partial charge is 0.244 e. The Morgan fingerprint density at radius 1 is 1.08 bits per heavy atom. The molecule has 0 aliphatic heterocycles. The van der Waals surface area contributed by atoms with Crippen LogP contribution in [0.5, 0.6) is 0 Å². The summed E-state index contributed by atoms with van der Waals surface area (Å²) in [5.41, 5.74) is 8.29. The number of H-pyrrole nitrogens is 1. The predicted molar refractivity (Wildman–Crippen MR) is 98.6 cm³/mol. The van der Waals surface area contributed by atoms with Gasteiger partial charge in [0.1, 0.15) is 6.04 Å². The van der Waals surface area contributed by atoms with E-state index in [1.54, 1.807) is 6.08 Å². The molecule has 5 heteroatoms. The molecule has 3 aromatic rings. The van der Waals surface area contributed by atoms with Crippen LogP contribution in [0.15, 0.2) is 66.9 Å². The van der Waals surface area contributed by atoms with Crippen LogP contribution in [0, 0.1) is 0 Å². The van der Waals surface area contributed by atoms with Crippen molar-refractivity contribution >= 4 is 28.8 Å². The van der Waals surface area contributed by atoms with E-state index in [4.69, 9.17) is 5.73 Å². The van der Waals surface area contributed by atoms with E-state index < -0.39 is 11.9 Å². The van der Waals surface area contributed by atoms with E-state index in [2.05, 4.69) is 10.3 Å². The molecule has 0 bridgehead atoms. The third-order valence-corrected chi connectivity index (χ3v) is 3.99. The molecule has 0 radical (unpaired) electrons.